The van der Waals surface area contributed by atoms with Crippen LogP contribution in [-0.2, 0) is 4.84 Å². The molecule has 2 saturated heterocycles. The van der Waals surface area contributed by atoms with Crippen molar-refractivity contribution in [2.24, 2.45) is 0 Å². The molecule has 6 nitrogen and oxygen atoms in total. The van der Waals surface area contributed by atoms with Gasteiger partial charge in [-0.05, 0) is 43.9 Å². The summed E-state index contributed by atoms with van der Waals surface area (Å²) in [6, 6.07) is 10.2. The van der Waals surface area contributed by atoms with Crippen molar-refractivity contribution in [1.29, 1.82) is 0 Å². The number of piperazine rings is 1. The minimum absolute atomic E-state index is 0.139. The normalized spacial score (nSPS) is 22.5. The highest BCUT2D eigenvalue weighted by atomic mass is 16.7. The first-order chi connectivity index (χ1) is 15.8. The zero-order valence-corrected chi connectivity index (χ0v) is 18.9. The van der Waals surface area contributed by atoms with E-state index < -0.39 is 0 Å². The highest BCUT2D eigenvalue weighted by Crippen LogP contribution is 2.52. The molecule has 6 rings (SSSR count). The fourth-order valence-corrected chi connectivity index (χ4v) is 5.91. The first kappa shape index (κ1) is 20.1. The van der Waals surface area contributed by atoms with E-state index in [1.165, 1.54) is 37.9 Å². The summed E-state index contributed by atoms with van der Waals surface area (Å²) in [6.07, 6.45) is 4.61. The van der Waals surface area contributed by atoms with Gasteiger partial charge in [0.1, 0.15) is 6.10 Å². The van der Waals surface area contributed by atoms with Gasteiger partial charge in [-0.15, -0.1) is 0 Å². The van der Waals surface area contributed by atoms with Crippen molar-refractivity contribution in [2.75, 3.05) is 61.1 Å². The summed E-state index contributed by atoms with van der Waals surface area (Å²) >= 11 is 0. The van der Waals surface area contributed by atoms with E-state index in [0.717, 1.165) is 72.9 Å². The van der Waals surface area contributed by atoms with Gasteiger partial charge in [0.25, 0.3) is 0 Å². The van der Waals surface area contributed by atoms with Crippen LogP contribution in [0.15, 0.2) is 30.3 Å². The van der Waals surface area contributed by atoms with Crippen molar-refractivity contribution in [2.45, 2.75) is 38.7 Å². The van der Waals surface area contributed by atoms with Gasteiger partial charge in [-0.2, -0.15) is 0 Å². The van der Waals surface area contributed by atoms with Gasteiger partial charge in [0.15, 0.2) is 5.78 Å². The summed E-state index contributed by atoms with van der Waals surface area (Å²) in [5.41, 5.74) is 10.2. The highest BCUT2D eigenvalue weighted by molar-refractivity contribution is 6.18. The van der Waals surface area contributed by atoms with E-state index in [-0.39, 0.29) is 11.9 Å². The second-order valence-electron chi connectivity index (χ2n) is 9.47. The van der Waals surface area contributed by atoms with Crippen molar-refractivity contribution in [3.8, 4) is 0 Å². The number of hydrogen-bond acceptors (Lipinski definition) is 6. The van der Waals surface area contributed by atoms with Crippen molar-refractivity contribution in [1.82, 2.24) is 4.90 Å². The molecule has 1 N–H and O–H groups in total. The summed E-state index contributed by atoms with van der Waals surface area (Å²) in [7, 11) is 0. The van der Waals surface area contributed by atoms with Crippen LogP contribution in [0.3, 0.4) is 0 Å². The highest BCUT2D eigenvalue weighted by Gasteiger charge is 2.42. The van der Waals surface area contributed by atoms with Crippen LogP contribution in [0.4, 0.5) is 17.1 Å². The lowest BCUT2D eigenvalue weighted by Crippen LogP contribution is -2.46. The Morgan fingerprint density at radius 1 is 0.969 bits per heavy atom. The number of benzene rings is 2. The molecule has 6 heteroatoms. The van der Waals surface area contributed by atoms with Gasteiger partial charge >= 0.3 is 0 Å². The fourth-order valence-electron chi connectivity index (χ4n) is 5.91. The largest absolute Gasteiger partial charge is 0.371 e. The van der Waals surface area contributed by atoms with Gasteiger partial charge in [0.2, 0.25) is 0 Å². The number of fused-ring (bicyclic) bond motifs is 2. The molecule has 2 aromatic carbocycles. The maximum Gasteiger partial charge on any atom is 0.195 e. The molecule has 3 aliphatic heterocycles. The average molecular weight is 433 g/mol. The number of carbonyl (C=O) groups is 1. The second kappa shape index (κ2) is 8.09. The minimum Gasteiger partial charge on any atom is -0.371 e. The third-order valence-electron chi connectivity index (χ3n) is 7.53. The first-order valence-corrected chi connectivity index (χ1v) is 12.2. The van der Waals surface area contributed by atoms with Crippen LogP contribution in [0.5, 0.6) is 0 Å². The van der Waals surface area contributed by atoms with Crippen LogP contribution in [-0.4, -0.2) is 56.5 Å². The molecule has 0 bridgehead atoms. The van der Waals surface area contributed by atoms with E-state index >= 15 is 0 Å². The van der Waals surface area contributed by atoms with Crippen LogP contribution >= 0.6 is 0 Å². The molecule has 0 spiro atoms. The smallest absolute Gasteiger partial charge is 0.195 e. The van der Waals surface area contributed by atoms with Gasteiger partial charge in [-0.1, -0.05) is 31.2 Å². The predicted molar refractivity (Wildman–Crippen MR) is 128 cm³/mol. The molecule has 1 unspecified atom stereocenters. The molecule has 168 valence electrons. The maximum atomic E-state index is 13.8. The molecule has 0 aromatic heterocycles. The quantitative estimate of drug-likeness (QED) is 0.782. The molecule has 0 radical (unpaired) electrons. The van der Waals surface area contributed by atoms with Crippen molar-refractivity contribution in [3.63, 3.8) is 0 Å². The summed E-state index contributed by atoms with van der Waals surface area (Å²) in [5.74, 6) is 0.139. The molecule has 32 heavy (non-hydrogen) atoms. The second-order valence-corrected chi connectivity index (χ2v) is 9.47. The van der Waals surface area contributed by atoms with E-state index in [4.69, 9.17) is 4.84 Å². The number of ketones is 1. The minimum atomic E-state index is -0.223. The monoisotopic (exact) mass is 432 g/mol. The zero-order valence-electron chi connectivity index (χ0n) is 18.9. The van der Waals surface area contributed by atoms with E-state index in [1.807, 2.05) is 24.3 Å². The van der Waals surface area contributed by atoms with Crippen LogP contribution in [0.2, 0.25) is 0 Å². The molecular formula is C26H32N4O2. The van der Waals surface area contributed by atoms with Gasteiger partial charge in [0, 0.05) is 50.4 Å². The third kappa shape index (κ3) is 3.11. The van der Waals surface area contributed by atoms with Gasteiger partial charge in [0.05, 0.1) is 22.6 Å². The Bertz CT molecular complexity index is 1040. The topological polar surface area (TPSA) is 48.0 Å². The number of carbonyl (C=O) groups excluding carboxylic acids is 1. The molecular weight excluding hydrogens is 400 g/mol. The van der Waals surface area contributed by atoms with Gasteiger partial charge in [-0.3, -0.25) is 20.0 Å². The molecule has 1 aliphatic carbocycles. The Morgan fingerprint density at radius 3 is 2.50 bits per heavy atom. The summed E-state index contributed by atoms with van der Waals surface area (Å²) in [6.45, 7) is 9.61. The lowest BCUT2D eigenvalue weighted by atomic mass is 9.81. The van der Waals surface area contributed by atoms with E-state index in [0.29, 0.717) is 0 Å². The number of piperidine rings is 1. The summed E-state index contributed by atoms with van der Waals surface area (Å²) in [4.78, 5) is 27.4. The Hall–Kier alpha value is -2.57. The molecule has 0 amide bonds. The van der Waals surface area contributed by atoms with E-state index in [2.05, 4.69) is 33.2 Å². The Labute approximate surface area is 190 Å². The van der Waals surface area contributed by atoms with Crippen LogP contribution in [0.25, 0.3) is 0 Å². The summed E-state index contributed by atoms with van der Waals surface area (Å²) in [5, 5.41) is 0. The molecule has 0 saturated carbocycles. The molecule has 3 heterocycles. The van der Waals surface area contributed by atoms with Gasteiger partial charge in [-0.25, -0.2) is 0 Å². The lowest BCUT2D eigenvalue weighted by molar-refractivity contribution is 0.101. The Balaban J connectivity index is 1.47. The van der Waals surface area contributed by atoms with E-state index in [9.17, 15) is 4.79 Å². The number of rotatable bonds is 4. The zero-order chi connectivity index (χ0) is 21.7. The van der Waals surface area contributed by atoms with Crippen LogP contribution in [0.1, 0.15) is 65.8 Å². The maximum absolute atomic E-state index is 13.8. The van der Waals surface area contributed by atoms with Crippen LogP contribution in [0, 0.1) is 0 Å². The third-order valence-corrected chi connectivity index (χ3v) is 7.53. The van der Waals surface area contributed by atoms with Crippen molar-refractivity contribution < 1.29 is 9.63 Å². The lowest BCUT2D eigenvalue weighted by Gasteiger charge is -2.38. The average Bonchev–Trinajstić information content (AvgIpc) is 3.29. The van der Waals surface area contributed by atoms with Crippen molar-refractivity contribution in [3.05, 3.63) is 52.6 Å². The predicted octanol–water partition coefficient (Wildman–Crippen LogP) is 4.20. The summed E-state index contributed by atoms with van der Waals surface area (Å²) < 4.78 is 0. The van der Waals surface area contributed by atoms with Gasteiger partial charge < -0.3 is 9.80 Å². The number of anilines is 3. The van der Waals surface area contributed by atoms with Crippen LogP contribution < -0.4 is 15.3 Å². The molecule has 4 aliphatic rings. The standard InChI is InChI=1S/C26H32N4O2/c1-2-10-28-13-15-30(16-14-28)21-17-20(29-11-6-3-7-12-29)22-23-24(21)27-32-26(23)19-9-5-4-8-18(19)25(22)31/h4-5,8-9,17,26-27H,2-3,6-7,10-16H2,1H3. The molecule has 2 aromatic rings. The number of nitrogens with one attached hydrogen (secondary N) is 1. The fraction of sp³-hybridized carbons (Fsp3) is 0.500. The Morgan fingerprint density at radius 2 is 1.72 bits per heavy atom. The SMILES string of the molecule is CCCN1CCN(c2cc(N3CCCCC3)c3c4c2NOC4c2ccccc2C3=O)CC1. The number of nitrogens with zero attached hydrogens (tertiary/aromatic N) is 3. The Kier molecular flexibility index (Phi) is 5.07. The molecule has 1 atom stereocenters. The molecule has 2 fully saturated rings. The number of hydrogen-bond donors (Lipinski definition) is 1. The van der Waals surface area contributed by atoms with E-state index in [1.54, 1.807) is 0 Å². The van der Waals surface area contributed by atoms with Crippen molar-refractivity contribution >= 4 is 22.8 Å². The first-order valence-electron chi connectivity index (χ1n) is 12.2.